The van der Waals surface area contributed by atoms with Gasteiger partial charge in [-0.3, -0.25) is 4.79 Å². The normalized spacial score (nSPS) is 11.7. The summed E-state index contributed by atoms with van der Waals surface area (Å²) in [4.78, 5) is 10.3. The molecule has 0 aliphatic heterocycles. The zero-order chi connectivity index (χ0) is 14.9. The van der Waals surface area contributed by atoms with Crippen molar-refractivity contribution in [2.45, 2.75) is 77.0 Å². The van der Waals surface area contributed by atoms with Crippen molar-refractivity contribution in [1.29, 1.82) is 0 Å². The zero-order valence-electron chi connectivity index (χ0n) is 12.9. The number of rotatable bonds is 14. The number of carboxylic acid groups (broad SMARTS) is 1. The van der Waals surface area contributed by atoms with Crippen LogP contribution in [0.3, 0.4) is 0 Å². The van der Waals surface area contributed by atoms with Crippen molar-refractivity contribution in [3.63, 3.8) is 0 Å². The van der Waals surface area contributed by atoms with E-state index in [-0.39, 0.29) is 0 Å². The van der Waals surface area contributed by atoms with Gasteiger partial charge in [0.15, 0.2) is 0 Å². The average Bonchev–Trinajstić information content (AvgIpc) is 2.43. The molecule has 1 N–H and O–H groups in total. The van der Waals surface area contributed by atoms with Gasteiger partial charge in [0.25, 0.3) is 0 Å². The molecule has 0 fully saturated rings. The third kappa shape index (κ3) is 16.9. The molecule has 0 aliphatic rings. The SMILES string of the molecule is [CH2]CCCC/C=C\C/C=C\CCCCCCCC(=O)O. The van der Waals surface area contributed by atoms with Crippen LogP contribution in [0.2, 0.25) is 0 Å². The first-order valence-corrected chi connectivity index (χ1v) is 8.08. The average molecular weight is 279 g/mol. The van der Waals surface area contributed by atoms with Gasteiger partial charge in [-0.2, -0.15) is 0 Å². The van der Waals surface area contributed by atoms with Crippen LogP contribution in [-0.4, -0.2) is 11.1 Å². The van der Waals surface area contributed by atoms with Gasteiger partial charge in [0, 0.05) is 6.42 Å². The Labute approximate surface area is 125 Å². The molecule has 0 saturated carbocycles. The summed E-state index contributed by atoms with van der Waals surface area (Å²) < 4.78 is 0. The van der Waals surface area contributed by atoms with E-state index in [9.17, 15) is 4.79 Å². The molecule has 0 aliphatic carbocycles. The minimum absolute atomic E-state index is 0.320. The first-order valence-electron chi connectivity index (χ1n) is 8.08. The molecule has 0 spiro atoms. The summed E-state index contributed by atoms with van der Waals surface area (Å²) in [5.74, 6) is -0.674. The Hall–Kier alpha value is -1.05. The molecule has 2 nitrogen and oxygen atoms in total. The Morgan fingerprint density at radius 1 is 0.800 bits per heavy atom. The van der Waals surface area contributed by atoms with Gasteiger partial charge in [-0.25, -0.2) is 0 Å². The molecule has 0 saturated heterocycles. The summed E-state index contributed by atoms with van der Waals surface area (Å²) in [7, 11) is 0. The second-order valence-corrected chi connectivity index (χ2v) is 5.23. The number of hydrogen-bond donors (Lipinski definition) is 1. The molecule has 0 rings (SSSR count). The predicted octanol–water partition coefficient (Wildman–Crippen LogP) is 5.70. The summed E-state index contributed by atoms with van der Waals surface area (Å²) in [6, 6.07) is 0. The second kappa shape index (κ2) is 16.0. The van der Waals surface area contributed by atoms with Crippen LogP contribution in [0, 0.1) is 6.92 Å². The second-order valence-electron chi connectivity index (χ2n) is 5.23. The van der Waals surface area contributed by atoms with Gasteiger partial charge in [-0.1, -0.05) is 63.3 Å². The summed E-state index contributed by atoms with van der Waals surface area (Å²) in [6.45, 7) is 3.83. The van der Waals surface area contributed by atoms with Gasteiger partial charge in [0.05, 0.1) is 0 Å². The monoisotopic (exact) mass is 279 g/mol. The fraction of sp³-hybridized carbons (Fsp3) is 0.667. The van der Waals surface area contributed by atoms with E-state index in [2.05, 4.69) is 31.2 Å². The van der Waals surface area contributed by atoms with E-state index in [0.717, 1.165) is 38.5 Å². The number of carbonyl (C=O) groups is 1. The Bertz CT molecular complexity index is 267. The topological polar surface area (TPSA) is 37.3 Å². The number of allylic oxidation sites excluding steroid dienone is 4. The van der Waals surface area contributed by atoms with E-state index >= 15 is 0 Å². The molecule has 0 amide bonds. The minimum atomic E-state index is -0.674. The maximum absolute atomic E-state index is 10.3. The molecular weight excluding hydrogens is 248 g/mol. The van der Waals surface area contributed by atoms with Gasteiger partial charge in [0.1, 0.15) is 0 Å². The van der Waals surface area contributed by atoms with Gasteiger partial charge >= 0.3 is 5.97 Å². The predicted molar refractivity (Wildman–Crippen MR) is 86.7 cm³/mol. The first kappa shape index (κ1) is 18.9. The van der Waals surface area contributed by atoms with E-state index in [4.69, 9.17) is 5.11 Å². The fourth-order valence-corrected chi connectivity index (χ4v) is 2.01. The lowest BCUT2D eigenvalue weighted by Gasteiger charge is -1.98. The van der Waals surface area contributed by atoms with Crippen LogP contribution in [0.5, 0.6) is 0 Å². The highest BCUT2D eigenvalue weighted by Gasteiger charge is 1.95. The molecule has 20 heavy (non-hydrogen) atoms. The van der Waals surface area contributed by atoms with E-state index in [1.807, 2.05) is 0 Å². The molecule has 0 bridgehead atoms. The number of hydrogen-bond acceptors (Lipinski definition) is 1. The highest BCUT2D eigenvalue weighted by atomic mass is 16.4. The highest BCUT2D eigenvalue weighted by molar-refractivity contribution is 5.66. The fourth-order valence-electron chi connectivity index (χ4n) is 2.01. The molecular formula is C18H31O2. The highest BCUT2D eigenvalue weighted by Crippen LogP contribution is 2.08. The molecule has 0 heterocycles. The van der Waals surface area contributed by atoms with E-state index < -0.39 is 5.97 Å². The van der Waals surface area contributed by atoms with E-state index in [1.165, 1.54) is 32.1 Å². The van der Waals surface area contributed by atoms with Crippen LogP contribution >= 0.6 is 0 Å². The summed E-state index contributed by atoms with van der Waals surface area (Å²) >= 11 is 0. The smallest absolute Gasteiger partial charge is 0.303 e. The third-order valence-electron chi connectivity index (χ3n) is 3.24. The molecule has 0 aromatic heterocycles. The molecule has 0 aromatic rings. The molecule has 2 heteroatoms. The van der Waals surface area contributed by atoms with Crippen molar-refractivity contribution >= 4 is 5.97 Å². The van der Waals surface area contributed by atoms with Crippen molar-refractivity contribution < 1.29 is 9.90 Å². The largest absolute Gasteiger partial charge is 0.481 e. The van der Waals surface area contributed by atoms with Crippen molar-refractivity contribution in [1.82, 2.24) is 0 Å². The molecule has 0 unspecified atom stereocenters. The Kier molecular flexibility index (Phi) is 15.2. The lowest BCUT2D eigenvalue weighted by molar-refractivity contribution is -0.137. The Balaban J connectivity index is 3.17. The molecule has 0 atom stereocenters. The third-order valence-corrected chi connectivity index (χ3v) is 3.24. The summed E-state index contributed by atoms with van der Waals surface area (Å²) in [5.41, 5.74) is 0. The zero-order valence-corrected chi connectivity index (χ0v) is 12.9. The van der Waals surface area contributed by atoms with Crippen LogP contribution < -0.4 is 0 Å². The van der Waals surface area contributed by atoms with Gasteiger partial charge in [-0.05, 0) is 38.5 Å². The van der Waals surface area contributed by atoms with Crippen LogP contribution in [-0.2, 0) is 4.79 Å². The van der Waals surface area contributed by atoms with Crippen LogP contribution in [0.25, 0.3) is 0 Å². The molecule has 115 valence electrons. The maximum atomic E-state index is 10.3. The van der Waals surface area contributed by atoms with Crippen molar-refractivity contribution in [3.05, 3.63) is 31.2 Å². The lowest BCUT2D eigenvalue weighted by Crippen LogP contribution is -1.93. The maximum Gasteiger partial charge on any atom is 0.303 e. The van der Waals surface area contributed by atoms with Crippen LogP contribution in [0.1, 0.15) is 77.0 Å². The number of carboxylic acids is 1. The quantitative estimate of drug-likeness (QED) is 0.327. The molecule has 1 radical (unpaired) electrons. The van der Waals surface area contributed by atoms with Crippen molar-refractivity contribution in [3.8, 4) is 0 Å². The van der Waals surface area contributed by atoms with Crippen molar-refractivity contribution in [2.24, 2.45) is 0 Å². The Morgan fingerprint density at radius 3 is 1.95 bits per heavy atom. The molecule has 0 aromatic carbocycles. The Morgan fingerprint density at radius 2 is 1.35 bits per heavy atom. The van der Waals surface area contributed by atoms with E-state index in [1.54, 1.807) is 0 Å². The summed E-state index contributed by atoms with van der Waals surface area (Å²) in [6.07, 6.45) is 21.7. The van der Waals surface area contributed by atoms with Gasteiger partial charge in [-0.15, -0.1) is 0 Å². The van der Waals surface area contributed by atoms with Crippen LogP contribution in [0.15, 0.2) is 24.3 Å². The van der Waals surface area contributed by atoms with Crippen LogP contribution in [0.4, 0.5) is 0 Å². The number of aliphatic carboxylic acids is 1. The van der Waals surface area contributed by atoms with Gasteiger partial charge in [0.2, 0.25) is 0 Å². The lowest BCUT2D eigenvalue weighted by atomic mass is 10.1. The van der Waals surface area contributed by atoms with Crippen molar-refractivity contribution in [2.75, 3.05) is 0 Å². The minimum Gasteiger partial charge on any atom is -0.481 e. The standard InChI is InChI=1S/C18H31O2/c1-2-3-4-5-6-7-8-9-10-11-12-13-14-15-16-17-18(19)20/h6-7,9-10H,1-5,8,11-17H2,(H,19,20)/b7-6-,10-9-. The summed E-state index contributed by atoms with van der Waals surface area (Å²) in [5, 5.41) is 8.50. The first-order chi connectivity index (χ1) is 9.77. The van der Waals surface area contributed by atoms with Gasteiger partial charge < -0.3 is 5.11 Å². The van der Waals surface area contributed by atoms with E-state index in [0.29, 0.717) is 6.42 Å². The number of unbranched alkanes of at least 4 members (excludes halogenated alkanes) is 8.